The predicted molar refractivity (Wildman–Crippen MR) is 86.3 cm³/mol. The summed E-state index contributed by atoms with van der Waals surface area (Å²) in [6.45, 7) is 1.88. The lowest BCUT2D eigenvalue weighted by Gasteiger charge is -2.11. The maximum absolute atomic E-state index is 12.1. The molecule has 1 heterocycles. The molecule has 110 valence electrons. The van der Waals surface area contributed by atoms with E-state index in [9.17, 15) is 4.79 Å². The highest BCUT2D eigenvalue weighted by atomic mass is 16.1. The monoisotopic (exact) mass is 282 g/mol. The van der Waals surface area contributed by atoms with Gasteiger partial charge in [0.15, 0.2) is 0 Å². The summed E-state index contributed by atoms with van der Waals surface area (Å²) in [6.07, 6.45) is 3.98. The number of fused-ring (bicyclic) bond motifs is 1. The lowest BCUT2D eigenvalue weighted by Crippen LogP contribution is -2.31. The average Bonchev–Trinajstić information content (AvgIpc) is 3.01. The Kier molecular flexibility index (Phi) is 4.51. The molecule has 0 saturated carbocycles. The summed E-state index contributed by atoms with van der Waals surface area (Å²) in [5.41, 5.74) is 1.10. The van der Waals surface area contributed by atoms with Gasteiger partial charge in [-0.2, -0.15) is 0 Å². The van der Waals surface area contributed by atoms with Crippen LogP contribution in [0.5, 0.6) is 0 Å². The van der Waals surface area contributed by atoms with Crippen molar-refractivity contribution in [2.75, 3.05) is 13.1 Å². The van der Waals surface area contributed by atoms with Crippen LogP contribution in [0.3, 0.4) is 0 Å². The largest absolute Gasteiger partial charge is 0.356 e. The Labute approximate surface area is 125 Å². The molecule has 3 heteroatoms. The van der Waals surface area contributed by atoms with Crippen molar-refractivity contribution in [3.63, 3.8) is 0 Å². The van der Waals surface area contributed by atoms with E-state index in [1.807, 2.05) is 24.3 Å². The summed E-state index contributed by atoms with van der Waals surface area (Å²) in [5.74, 6) is 0.115. The van der Waals surface area contributed by atoms with Gasteiger partial charge in [-0.1, -0.05) is 42.5 Å². The van der Waals surface area contributed by atoms with Gasteiger partial charge in [-0.3, -0.25) is 4.79 Å². The smallest absolute Gasteiger partial charge is 0.224 e. The SMILES string of the molecule is O=C(Cc1cccc2ccccc12)NCC[C@@H]1CCCN1. The molecule has 0 spiro atoms. The van der Waals surface area contributed by atoms with Gasteiger partial charge in [0, 0.05) is 12.6 Å². The van der Waals surface area contributed by atoms with Crippen molar-refractivity contribution in [1.29, 1.82) is 0 Å². The minimum absolute atomic E-state index is 0.115. The fourth-order valence-electron chi connectivity index (χ4n) is 3.07. The quantitative estimate of drug-likeness (QED) is 0.885. The lowest BCUT2D eigenvalue weighted by atomic mass is 10.0. The van der Waals surface area contributed by atoms with Gasteiger partial charge in [-0.05, 0) is 42.1 Å². The number of rotatable bonds is 5. The van der Waals surface area contributed by atoms with E-state index in [0.29, 0.717) is 12.5 Å². The van der Waals surface area contributed by atoms with Crippen LogP contribution in [0, 0.1) is 0 Å². The van der Waals surface area contributed by atoms with E-state index in [1.165, 1.54) is 23.6 Å². The van der Waals surface area contributed by atoms with Crippen molar-refractivity contribution in [2.45, 2.75) is 31.7 Å². The molecule has 0 bridgehead atoms. The summed E-state index contributed by atoms with van der Waals surface area (Å²) < 4.78 is 0. The zero-order valence-corrected chi connectivity index (χ0v) is 12.3. The summed E-state index contributed by atoms with van der Waals surface area (Å²) in [4.78, 5) is 12.1. The van der Waals surface area contributed by atoms with Crippen LogP contribution >= 0.6 is 0 Å². The standard InChI is InChI=1S/C18H22N2O/c21-18(20-12-10-16-8-4-11-19-16)13-15-7-3-6-14-5-1-2-9-17(14)15/h1-3,5-7,9,16,19H,4,8,10-13H2,(H,20,21)/t16-/m0/s1. The summed E-state index contributed by atoms with van der Waals surface area (Å²) in [5, 5.41) is 8.86. The molecule has 1 saturated heterocycles. The summed E-state index contributed by atoms with van der Waals surface area (Å²) in [6, 6.07) is 15.0. The number of carbonyl (C=O) groups is 1. The van der Waals surface area contributed by atoms with Gasteiger partial charge in [0.2, 0.25) is 5.91 Å². The Bertz CT molecular complexity index is 612. The zero-order valence-electron chi connectivity index (χ0n) is 12.3. The molecule has 1 fully saturated rings. The average molecular weight is 282 g/mol. The van der Waals surface area contributed by atoms with E-state index in [0.717, 1.165) is 25.1 Å². The number of amides is 1. The second kappa shape index (κ2) is 6.72. The number of hydrogen-bond donors (Lipinski definition) is 2. The minimum atomic E-state index is 0.115. The van der Waals surface area contributed by atoms with Crippen LogP contribution < -0.4 is 10.6 Å². The molecule has 0 unspecified atom stereocenters. The van der Waals surface area contributed by atoms with Gasteiger partial charge in [0.05, 0.1) is 6.42 Å². The normalized spacial score (nSPS) is 18.0. The lowest BCUT2D eigenvalue weighted by molar-refractivity contribution is -0.120. The van der Waals surface area contributed by atoms with Gasteiger partial charge in [-0.25, -0.2) is 0 Å². The zero-order chi connectivity index (χ0) is 14.5. The van der Waals surface area contributed by atoms with E-state index in [1.54, 1.807) is 0 Å². The highest BCUT2D eigenvalue weighted by molar-refractivity contribution is 5.90. The second-order valence-electron chi connectivity index (χ2n) is 5.75. The first kappa shape index (κ1) is 14.1. The molecule has 3 rings (SSSR count). The first-order chi connectivity index (χ1) is 10.3. The molecule has 0 radical (unpaired) electrons. The summed E-state index contributed by atoms with van der Waals surface area (Å²) in [7, 11) is 0. The highest BCUT2D eigenvalue weighted by Crippen LogP contribution is 2.18. The molecule has 1 atom stereocenters. The Morgan fingerprint density at radius 3 is 2.90 bits per heavy atom. The molecule has 21 heavy (non-hydrogen) atoms. The van der Waals surface area contributed by atoms with Crippen molar-refractivity contribution in [2.24, 2.45) is 0 Å². The molecule has 1 aliphatic rings. The number of carbonyl (C=O) groups excluding carboxylic acids is 1. The Morgan fingerprint density at radius 2 is 2.05 bits per heavy atom. The van der Waals surface area contributed by atoms with Gasteiger partial charge < -0.3 is 10.6 Å². The molecule has 0 aromatic heterocycles. The van der Waals surface area contributed by atoms with Crippen molar-refractivity contribution < 1.29 is 4.79 Å². The van der Waals surface area contributed by atoms with Gasteiger partial charge in [0.1, 0.15) is 0 Å². The van der Waals surface area contributed by atoms with Crippen LogP contribution in [0.1, 0.15) is 24.8 Å². The second-order valence-corrected chi connectivity index (χ2v) is 5.75. The third-order valence-electron chi connectivity index (χ3n) is 4.21. The maximum Gasteiger partial charge on any atom is 0.224 e. The maximum atomic E-state index is 12.1. The van der Waals surface area contributed by atoms with E-state index in [2.05, 4.69) is 28.8 Å². The Morgan fingerprint density at radius 1 is 1.19 bits per heavy atom. The van der Waals surface area contributed by atoms with Gasteiger partial charge in [-0.15, -0.1) is 0 Å². The van der Waals surface area contributed by atoms with Crippen molar-refractivity contribution >= 4 is 16.7 Å². The Hall–Kier alpha value is -1.87. The first-order valence-corrected chi connectivity index (χ1v) is 7.79. The number of hydrogen-bond acceptors (Lipinski definition) is 2. The molecule has 2 aromatic carbocycles. The van der Waals surface area contributed by atoms with Crippen molar-refractivity contribution in [3.8, 4) is 0 Å². The molecule has 2 N–H and O–H groups in total. The molecule has 2 aromatic rings. The molecule has 1 amide bonds. The van der Waals surface area contributed by atoms with Crippen LogP contribution in [0.25, 0.3) is 10.8 Å². The van der Waals surface area contributed by atoms with Crippen LogP contribution in [0.15, 0.2) is 42.5 Å². The summed E-state index contributed by atoms with van der Waals surface area (Å²) >= 11 is 0. The topological polar surface area (TPSA) is 41.1 Å². The number of benzene rings is 2. The minimum Gasteiger partial charge on any atom is -0.356 e. The van der Waals surface area contributed by atoms with E-state index >= 15 is 0 Å². The van der Waals surface area contributed by atoms with E-state index in [-0.39, 0.29) is 5.91 Å². The molecular weight excluding hydrogens is 260 g/mol. The predicted octanol–water partition coefficient (Wildman–Crippen LogP) is 2.64. The van der Waals surface area contributed by atoms with E-state index < -0.39 is 0 Å². The third-order valence-corrected chi connectivity index (χ3v) is 4.21. The highest BCUT2D eigenvalue weighted by Gasteiger charge is 2.13. The van der Waals surface area contributed by atoms with Crippen LogP contribution in [-0.4, -0.2) is 25.0 Å². The fraction of sp³-hybridized carbons (Fsp3) is 0.389. The fourth-order valence-corrected chi connectivity index (χ4v) is 3.07. The van der Waals surface area contributed by atoms with Crippen molar-refractivity contribution in [3.05, 3.63) is 48.0 Å². The molecule has 3 nitrogen and oxygen atoms in total. The van der Waals surface area contributed by atoms with Crippen molar-refractivity contribution in [1.82, 2.24) is 10.6 Å². The number of nitrogens with one attached hydrogen (secondary N) is 2. The molecular formula is C18H22N2O. The van der Waals surface area contributed by atoms with Gasteiger partial charge >= 0.3 is 0 Å². The Balaban J connectivity index is 1.56. The molecule has 1 aliphatic heterocycles. The van der Waals surface area contributed by atoms with Crippen LogP contribution in [0.4, 0.5) is 0 Å². The van der Waals surface area contributed by atoms with Crippen LogP contribution in [-0.2, 0) is 11.2 Å². The molecule has 0 aliphatic carbocycles. The van der Waals surface area contributed by atoms with E-state index in [4.69, 9.17) is 0 Å². The first-order valence-electron chi connectivity index (χ1n) is 7.79. The van der Waals surface area contributed by atoms with Crippen LogP contribution in [0.2, 0.25) is 0 Å². The van der Waals surface area contributed by atoms with Gasteiger partial charge in [0.25, 0.3) is 0 Å². The third kappa shape index (κ3) is 3.61.